The van der Waals surface area contributed by atoms with Crippen molar-refractivity contribution in [2.75, 3.05) is 52.5 Å². The number of piperidine rings is 1. The van der Waals surface area contributed by atoms with E-state index in [9.17, 15) is 4.79 Å². The Morgan fingerprint density at radius 2 is 1.92 bits per heavy atom. The van der Waals surface area contributed by atoms with Gasteiger partial charge in [0.15, 0.2) is 0 Å². The fourth-order valence-electron chi connectivity index (χ4n) is 3.88. The van der Waals surface area contributed by atoms with Gasteiger partial charge in [0.1, 0.15) is 0 Å². The Balaban J connectivity index is 1.37. The number of rotatable bonds is 7. The van der Waals surface area contributed by atoms with Gasteiger partial charge in [-0.3, -0.25) is 14.6 Å². The van der Waals surface area contributed by atoms with Crippen molar-refractivity contribution < 1.29 is 9.53 Å². The number of benzene rings is 1. The van der Waals surface area contributed by atoms with Crippen LogP contribution in [-0.4, -0.2) is 68.2 Å². The fraction of sp³-hybridized carbons (Fsp3) is 0.667. The summed E-state index contributed by atoms with van der Waals surface area (Å²) in [6.45, 7) is 11.1. The van der Waals surface area contributed by atoms with Crippen LogP contribution >= 0.6 is 0 Å². The van der Waals surface area contributed by atoms with Gasteiger partial charge in [0.2, 0.25) is 0 Å². The standard InChI is InChI=1S/C21H33N3O2/c1-18-4-2-10-24(16-18)17-19-5-7-20(8-6-19)21(25)22-9-3-11-23-12-14-26-15-13-23/h5-8,18H,2-4,9-17H2,1H3,(H,22,25). The third kappa shape index (κ3) is 6.08. The molecule has 1 atom stereocenters. The molecule has 0 saturated carbocycles. The first-order valence-electron chi connectivity index (χ1n) is 10.1. The third-order valence-electron chi connectivity index (χ3n) is 5.40. The van der Waals surface area contributed by atoms with Crippen LogP contribution in [0.15, 0.2) is 24.3 Å². The van der Waals surface area contributed by atoms with E-state index in [0.29, 0.717) is 0 Å². The Morgan fingerprint density at radius 1 is 1.15 bits per heavy atom. The molecule has 2 aliphatic heterocycles. The molecule has 26 heavy (non-hydrogen) atoms. The number of carbonyl (C=O) groups excluding carboxylic acids is 1. The van der Waals surface area contributed by atoms with E-state index in [1.807, 2.05) is 12.1 Å². The predicted octanol–water partition coefficient (Wildman–Crippen LogP) is 2.37. The minimum Gasteiger partial charge on any atom is -0.379 e. The van der Waals surface area contributed by atoms with Gasteiger partial charge in [0, 0.05) is 38.3 Å². The summed E-state index contributed by atoms with van der Waals surface area (Å²) in [5, 5.41) is 3.04. The van der Waals surface area contributed by atoms with Gasteiger partial charge < -0.3 is 10.1 Å². The van der Waals surface area contributed by atoms with Crippen LogP contribution < -0.4 is 5.32 Å². The molecule has 0 spiro atoms. The van der Waals surface area contributed by atoms with Crippen LogP contribution in [0.2, 0.25) is 0 Å². The quantitative estimate of drug-likeness (QED) is 0.759. The molecule has 5 nitrogen and oxygen atoms in total. The lowest BCUT2D eigenvalue weighted by molar-refractivity contribution is 0.0374. The number of hydrogen-bond donors (Lipinski definition) is 1. The van der Waals surface area contributed by atoms with E-state index in [4.69, 9.17) is 4.74 Å². The average Bonchev–Trinajstić information content (AvgIpc) is 2.66. The van der Waals surface area contributed by atoms with Gasteiger partial charge in [0.05, 0.1) is 13.2 Å². The minimum atomic E-state index is 0.0325. The minimum absolute atomic E-state index is 0.0325. The zero-order valence-corrected chi connectivity index (χ0v) is 16.1. The average molecular weight is 360 g/mol. The highest BCUT2D eigenvalue weighted by Crippen LogP contribution is 2.18. The molecule has 2 fully saturated rings. The van der Waals surface area contributed by atoms with Crippen molar-refractivity contribution in [3.63, 3.8) is 0 Å². The first-order valence-corrected chi connectivity index (χ1v) is 10.1. The van der Waals surface area contributed by atoms with E-state index in [2.05, 4.69) is 34.2 Å². The number of morpholine rings is 1. The molecule has 1 N–H and O–H groups in total. The van der Waals surface area contributed by atoms with E-state index in [-0.39, 0.29) is 5.91 Å². The lowest BCUT2D eigenvalue weighted by Gasteiger charge is -2.30. The van der Waals surface area contributed by atoms with Crippen LogP contribution in [0.4, 0.5) is 0 Å². The smallest absolute Gasteiger partial charge is 0.251 e. The van der Waals surface area contributed by atoms with Crippen LogP contribution in [0.25, 0.3) is 0 Å². The monoisotopic (exact) mass is 359 g/mol. The van der Waals surface area contributed by atoms with Gasteiger partial charge in [0.25, 0.3) is 5.91 Å². The second-order valence-electron chi connectivity index (χ2n) is 7.74. The Labute approximate surface area is 157 Å². The molecule has 0 aliphatic carbocycles. The van der Waals surface area contributed by atoms with Gasteiger partial charge in [-0.1, -0.05) is 19.1 Å². The number of hydrogen-bond acceptors (Lipinski definition) is 4. The van der Waals surface area contributed by atoms with Crippen molar-refractivity contribution >= 4 is 5.91 Å². The number of nitrogens with zero attached hydrogens (tertiary/aromatic N) is 2. The van der Waals surface area contributed by atoms with Gasteiger partial charge in [-0.2, -0.15) is 0 Å². The summed E-state index contributed by atoms with van der Waals surface area (Å²) < 4.78 is 5.35. The number of carbonyl (C=O) groups is 1. The summed E-state index contributed by atoms with van der Waals surface area (Å²) in [4.78, 5) is 17.2. The number of nitrogens with one attached hydrogen (secondary N) is 1. The number of ether oxygens (including phenoxy) is 1. The summed E-state index contributed by atoms with van der Waals surface area (Å²) in [6, 6.07) is 8.11. The topological polar surface area (TPSA) is 44.8 Å². The van der Waals surface area contributed by atoms with Crippen molar-refractivity contribution in [1.29, 1.82) is 0 Å². The van der Waals surface area contributed by atoms with Gasteiger partial charge in [-0.15, -0.1) is 0 Å². The number of likely N-dealkylation sites (tertiary alicyclic amines) is 1. The van der Waals surface area contributed by atoms with Gasteiger partial charge >= 0.3 is 0 Å². The summed E-state index contributed by atoms with van der Waals surface area (Å²) in [6.07, 6.45) is 3.63. The summed E-state index contributed by atoms with van der Waals surface area (Å²) in [7, 11) is 0. The van der Waals surface area contributed by atoms with Crippen molar-refractivity contribution in [1.82, 2.24) is 15.1 Å². The molecule has 2 aliphatic rings. The maximum absolute atomic E-state index is 12.3. The predicted molar refractivity (Wildman–Crippen MR) is 104 cm³/mol. The lowest BCUT2D eigenvalue weighted by Crippen LogP contribution is -2.38. The fourth-order valence-corrected chi connectivity index (χ4v) is 3.88. The first kappa shape index (κ1) is 19.3. The second kappa shape index (κ2) is 10.0. The molecule has 2 saturated heterocycles. The molecule has 1 amide bonds. The van der Waals surface area contributed by atoms with Crippen molar-refractivity contribution in [3.8, 4) is 0 Å². The molecule has 144 valence electrons. The molecule has 3 rings (SSSR count). The molecule has 2 heterocycles. The van der Waals surface area contributed by atoms with Gasteiger partial charge in [-0.25, -0.2) is 0 Å². The Bertz CT molecular complexity index is 555. The normalized spacial score (nSPS) is 22.3. The summed E-state index contributed by atoms with van der Waals surface area (Å²) >= 11 is 0. The van der Waals surface area contributed by atoms with Crippen molar-refractivity contribution in [3.05, 3.63) is 35.4 Å². The summed E-state index contributed by atoms with van der Waals surface area (Å²) in [5.74, 6) is 0.830. The zero-order valence-electron chi connectivity index (χ0n) is 16.1. The molecule has 5 heteroatoms. The van der Waals surface area contributed by atoms with E-state index >= 15 is 0 Å². The first-order chi connectivity index (χ1) is 12.7. The largest absolute Gasteiger partial charge is 0.379 e. The molecular formula is C21H33N3O2. The van der Waals surface area contributed by atoms with Crippen LogP contribution in [0, 0.1) is 5.92 Å². The van der Waals surface area contributed by atoms with Gasteiger partial charge in [-0.05, 0) is 56.0 Å². The van der Waals surface area contributed by atoms with Crippen LogP contribution in [0.5, 0.6) is 0 Å². The highest BCUT2D eigenvalue weighted by Gasteiger charge is 2.16. The molecule has 1 aromatic carbocycles. The van der Waals surface area contributed by atoms with E-state index in [0.717, 1.165) is 63.8 Å². The molecular weight excluding hydrogens is 326 g/mol. The maximum atomic E-state index is 12.3. The Morgan fingerprint density at radius 3 is 2.65 bits per heavy atom. The van der Waals surface area contributed by atoms with Crippen molar-refractivity contribution in [2.24, 2.45) is 5.92 Å². The number of amides is 1. The van der Waals surface area contributed by atoms with Crippen molar-refractivity contribution in [2.45, 2.75) is 32.7 Å². The lowest BCUT2D eigenvalue weighted by atomic mass is 9.99. The van der Waals surface area contributed by atoms with E-state index in [1.165, 1.54) is 31.5 Å². The zero-order chi connectivity index (χ0) is 18.2. The molecule has 0 aromatic heterocycles. The SMILES string of the molecule is CC1CCCN(Cc2ccc(C(=O)NCCCN3CCOCC3)cc2)C1. The molecule has 1 aromatic rings. The second-order valence-corrected chi connectivity index (χ2v) is 7.74. The molecule has 0 radical (unpaired) electrons. The Kier molecular flexibility index (Phi) is 7.47. The van der Waals surface area contributed by atoms with Crippen LogP contribution in [0.3, 0.4) is 0 Å². The molecule has 0 bridgehead atoms. The summed E-state index contributed by atoms with van der Waals surface area (Å²) in [5.41, 5.74) is 2.05. The van der Waals surface area contributed by atoms with Crippen LogP contribution in [0.1, 0.15) is 42.1 Å². The van der Waals surface area contributed by atoms with E-state index in [1.54, 1.807) is 0 Å². The van der Waals surface area contributed by atoms with E-state index < -0.39 is 0 Å². The van der Waals surface area contributed by atoms with Crippen LogP contribution in [-0.2, 0) is 11.3 Å². The highest BCUT2D eigenvalue weighted by molar-refractivity contribution is 5.94. The maximum Gasteiger partial charge on any atom is 0.251 e. The Hall–Kier alpha value is -1.43. The third-order valence-corrected chi connectivity index (χ3v) is 5.40. The highest BCUT2D eigenvalue weighted by atomic mass is 16.5. The molecule has 1 unspecified atom stereocenters.